The minimum Gasteiger partial charge on any atom is -0.369 e. The molecule has 1 aromatic rings. The Hall–Kier alpha value is -1.57. The summed E-state index contributed by atoms with van der Waals surface area (Å²) in [6, 6.07) is 1.22. The third kappa shape index (κ3) is 4.90. The summed E-state index contributed by atoms with van der Waals surface area (Å²) in [5, 5.41) is 2.81. The number of rotatable bonds is 5. The highest BCUT2D eigenvalue weighted by atomic mass is 19.4. The second-order valence-electron chi connectivity index (χ2n) is 4.50. The van der Waals surface area contributed by atoms with Crippen LogP contribution in [0.2, 0.25) is 0 Å². The zero-order valence-electron chi connectivity index (χ0n) is 11.1. The highest BCUT2D eigenvalue weighted by Crippen LogP contribution is 2.29. The summed E-state index contributed by atoms with van der Waals surface area (Å²) in [6.07, 6.45) is -4.53. The predicted molar refractivity (Wildman–Crippen MR) is 67.7 cm³/mol. The van der Waals surface area contributed by atoms with E-state index < -0.39 is 17.8 Å². The molecule has 5 nitrogen and oxygen atoms in total. The van der Waals surface area contributed by atoms with Gasteiger partial charge in [0.25, 0.3) is 0 Å². The van der Waals surface area contributed by atoms with E-state index in [1.54, 1.807) is 0 Å². The van der Waals surface area contributed by atoms with Crippen molar-refractivity contribution in [3.05, 3.63) is 11.8 Å². The Labute approximate surface area is 110 Å². The molecule has 1 rings (SSSR count). The van der Waals surface area contributed by atoms with Crippen LogP contribution in [0.3, 0.4) is 0 Å². The van der Waals surface area contributed by atoms with E-state index in [0.29, 0.717) is 19.1 Å². The Morgan fingerprint density at radius 1 is 1.37 bits per heavy atom. The maximum absolute atomic E-state index is 12.5. The third-order valence-corrected chi connectivity index (χ3v) is 2.69. The van der Waals surface area contributed by atoms with Crippen molar-refractivity contribution in [2.24, 2.45) is 0 Å². The van der Waals surface area contributed by atoms with Gasteiger partial charge in [-0.25, -0.2) is 4.98 Å². The fourth-order valence-electron chi connectivity index (χ4n) is 1.32. The van der Waals surface area contributed by atoms with Crippen LogP contribution >= 0.6 is 0 Å². The monoisotopic (exact) mass is 277 g/mol. The zero-order chi connectivity index (χ0) is 14.6. The molecule has 0 atom stereocenters. The quantitative estimate of drug-likeness (QED) is 0.859. The second-order valence-corrected chi connectivity index (χ2v) is 4.50. The van der Waals surface area contributed by atoms with Gasteiger partial charge in [-0.05, 0) is 20.9 Å². The maximum Gasteiger partial charge on any atom is 0.433 e. The number of aromatic nitrogens is 2. The highest BCUT2D eigenvalue weighted by Gasteiger charge is 2.33. The molecule has 0 aromatic carbocycles. The summed E-state index contributed by atoms with van der Waals surface area (Å²) in [7, 11) is 1.93. The van der Waals surface area contributed by atoms with Crippen molar-refractivity contribution in [1.82, 2.24) is 14.9 Å². The van der Waals surface area contributed by atoms with Crippen LogP contribution in [0.5, 0.6) is 0 Å². The first kappa shape index (κ1) is 15.5. The van der Waals surface area contributed by atoms with Gasteiger partial charge in [0.2, 0.25) is 5.95 Å². The van der Waals surface area contributed by atoms with Gasteiger partial charge >= 0.3 is 6.18 Å². The largest absolute Gasteiger partial charge is 0.433 e. The summed E-state index contributed by atoms with van der Waals surface area (Å²) >= 11 is 0. The molecule has 0 saturated heterocycles. The molecule has 0 spiro atoms. The molecule has 0 aliphatic rings. The number of hydrogen-bond acceptors (Lipinski definition) is 5. The molecule has 0 bridgehead atoms. The van der Waals surface area contributed by atoms with E-state index in [-0.39, 0.29) is 5.82 Å². The normalized spacial score (nSPS) is 12.2. The first-order chi connectivity index (χ1) is 8.70. The van der Waals surface area contributed by atoms with Crippen molar-refractivity contribution in [3.8, 4) is 0 Å². The number of nitrogens with one attached hydrogen (secondary N) is 1. The van der Waals surface area contributed by atoms with E-state index in [1.165, 1.54) is 0 Å². The molecule has 8 heteroatoms. The molecule has 0 aliphatic carbocycles. The van der Waals surface area contributed by atoms with E-state index in [0.717, 1.165) is 6.07 Å². The minimum atomic E-state index is -4.53. The number of hydrogen-bond donors (Lipinski definition) is 2. The fraction of sp³-hybridized carbons (Fsp3) is 0.636. The highest BCUT2D eigenvalue weighted by molar-refractivity contribution is 5.41. The van der Waals surface area contributed by atoms with E-state index in [1.807, 2.05) is 20.9 Å². The number of nitrogens with two attached hydrogens (primary N) is 1. The lowest BCUT2D eigenvalue weighted by molar-refractivity contribution is -0.141. The first-order valence-corrected chi connectivity index (χ1v) is 5.86. The number of nitrogens with zero attached hydrogens (tertiary/aromatic N) is 3. The van der Waals surface area contributed by atoms with Gasteiger partial charge in [0.1, 0.15) is 5.82 Å². The van der Waals surface area contributed by atoms with E-state index >= 15 is 0 Å². The van der Waals surface area contributed by atoms with Crippen molar-refractivity contribution in [1.29, 1.82) is 0 Å². The molecule has 3 N–H and O–H groups in total. The molecular formula is C11H18F3N5. The predicted octanol–water partition coefficient (Wildman–Crippen LogP) is 1.83. The standard InChI is InChI=1S/C11H18F3N5/c1-7(2)19(3)5-4-16-9-6-8(11(12,13)14)17-10(15)18-9/h6-7H,4-5H2,1-3H3,(H3,15,16,17,18). The van der Waals surface area contributed by atoms with Gasteiger partial charge in [0.15, 0.2) is 5.69 Å². The number of anilines is 2. The first-order valence-electron chi connectivity index (χ1n) is 5.86. The number of nitrogen functional groups attached to an aromatic ring is 1. The van der Waals surface area contributed by atoms with Crippen molar-refractivity contribution in [3.63, 3.8) is 0 Å². The fourth-order valence-corrected chi connectivity index (χ4v) is 1.32. The molecule has 0 aliphatic heterocycles. The Balaban J connectivity index is 2.67. The number of halogens is 3. The van der Waals surface area contributed by atoms with Gasteiger partial charge in [-0.1, -0.05) is 0 Å². The molecule has 19 heavy (non-hydrogen) atoms. The maximum atomic E-state index is 12.5. The SMILES string of the molecule is CC(C)N(C)CCNc1cc(C(F)(F)F)nc(N)n1. The van der Waals surface area contributed by atoms with Crippen molar-refractivity contribution in [2.45, 2.75) is 26.1 Å². The molecule has 0 amide bonds. The van der Waals surface area contributed by atoms with Crippen LogP contribution in [0.15, 0.2) is 6.07 Å². The molecule has 0 unspecified atom stereocenters. The summed E-state index contributed by atoms with van der Waals surface area (Å²) in [4.78, 5) is 8.95. The number of alkyl halides is 3. The van der Waals surface area contributed by atoms with Crippen LogP contribution in [0.1, 0.15) is 19.5 Å². The molecule has 108 valence electrons. The third-order valence-electron chi connectivity index (χ3n) is 2.69. The van der Waals surface area contributed by atoms with Crippen LogP contribution in [-0.2, 0) is 6.18 Å². The summed E-state index contributed by atoms with van der Waals surface area (Å²) in [5.74, 6) is -0.313. The number of likely N-dealkylation sites (N-methyl/N-ethyl adjacent to an activating group) is 1. The minimum absolute atomic E-state index is 0.0805. The van der Waals surface area contributed by atoms with Crippen molar-refractivity contribution in [2.75, 3.05) is 31.2 Å². The van der Waals surface area contributed by atoms with Gasteiger partial charge in [-0.15, -0.1) is 0 Å². The van der Waals surface area contributed by atoms with Gasteiger partial charge in [-0.2, -0.15) is 18.2 Å². The Morgan fingerprint density at radius 2 is 2.00 bits per heavy atom. The lowest BCUT2D eigenvalue weighted by Gasteiger charge is -2.21. The molecule has 1 aromatic heterocycles. The van der Waals surface area contributed by atoms with Crippen LogP contribution in [0.4, 0.5) is 24.9 Å². The lowest BCUT2D eigenvalue weighted by atomic mass is 10.3. The average molecular weight is 277 g/mol. The second kappa shape index (κ2) is 6.05. The molecule has 0 radical (unpaired) electrons. The van der Waals surface area contributed by atoms with Gasteiger partial charge in [0.05, 0.1) is 0 Å². The Bertz CT molecular complexity index is 419. The van der Waals surface area contributed by atoms with E-state index in [9.17, 15) is 13.2 Å². The Kier molecular flexibility index (Phi) is 4.93. The van der Waals surface area contributed by atoms with Crippen LogP contribution in [-0.4, -0.2) is 41.0 Å². The lowest BCUT2D eigenvalue weighted by Crippen LogP contribution is -2.31. The van der Waals surface area contributed by atoms with Crippen molar-refractivity contribution < 1.29 is 13.2 Å². The summed E-state index contributed by atoms with van der Waals surface area (Å²) in [6.45, 7) is 5.22. The summed E-state index contributed by atoms with van der Waals surface area (Å²) < 4.78 is 37.6. The zero-order valence-corrected chi connectivity index (χ0v) is 11.1. The smallest absolute Gasteiger partial charge is 0.369 e. The van der Waals surface area contributed by atoms with Crippen LogP contribution in [0, 0.1) is 0 Å². The molecular weight excluding hydrogens is 259 g/mol. The Morgan fingerprint density at radius 3 is 2.53 bits per heavy atom. The van der Waals surface area contributed by atoms with Crippen LogP contribution in [0.25, 0.3) is 0 Å². The van der Waals surface area contributed by atoms with Gasteiger partial charge < -0.3 is 16.0 Å². The summed E-state index contributed by atoms with van der Waals surface area (Å²) in [5.41, 5.74) is 4.22. The van der Waals surface area contributed by atoms with E-state index in [4.69, 9.17) is 5.73 Å². The average Bonchev–Trinajstić information content (AvgIpc) is 2.26. The molecule has 0 fully saturated rings. The van der Waals surface area contributed by atoms with Gasteiger partial charge in [0, 0.05) is 25.2 Å². The molecule has 1 heterocycles. The topological polar surface area (TPSA) is 67.1 Å². The van der Waals surface area contributed by atoms with Crippen molar-refractivity contribution >= 4 is 11.8 Å². The van der Waals surface area contributed by atoms with E-state index in [2.05, 4.69) is 20.2 Å². The van der Waals surface area contributed by atoms with Gasteiger partial charge in [-0.3, -0.25) is 0 Å². The molecule has 0 saturated carbocycles. The van der Waals surface area contributed by atoms with Crippen LogP contribution < -0.4 is 11.1 Å².